The van der Waals surface area contributed by atoms with Gasteiger partial charge in [-0.25, -0.2) is 4.98 Å². The smallest absolute Gasteiger partial charge is 0.170 e. The van der Waals surface area contributed by atoms with E-state index in [0.29, 0.717) is 18.9 Å². The molecule has 1 unspecified atom stereocenters. The maximum absolute atomic E-state index is 9.86. The van der Waals surface area contributed by atoms with Crippen molar-refractivity contribution in [1.29, 1.82) is 0 Å². The largest absolute Gasteiger partial charge is 0.385 e. The Balaban J connectivity index is 2.17. The van der Waals surface area contributed by atoms with E-state index in [1.807, 2.05) is 0 Å². The molecule has 72 valence electrons. The van der Waals surface area contributed by atoms with E-state index in [1.165, 1.54) is 0 Å². The summed E-state index contributed by atoms with van der Waals surface area (Å²) in [6.45, 7) is 1.01. The fourth-order valence-electron chi connectivity index (χ4n) is 1.34. The van der Waals surface area contributed by atoms with Crippen molar-refractivity contribution in [2.75, 3.05) is 13.1 Å². The van der Waals surface area contributed by atoms with E-state index in [1.54, 1.807) is 18.1 Å². The zero-order chi connectivity index (χ0) is 9.47. The number of nitrogens with zero attached hydrogens (tertiary/aromatic N) is 3. The summed E-state index contributed by atoms with van der Waals surface area (Å²) < 4.78 is 1.57. The minimum absolute atomic E-state index is 0.492. The maximum atomic E-state index is 9.86. The lowest BCUT2D eigenvalue weighted by Crippen LogP contribution is -2.64. The zero-order valence-electron chi connectivity index (χ0n) is 7.44. The number of hydrogen-bond acceptors (Lipinski definition) is 5. The van der Waals surface area contributed by atoms with Crippen molar-refractivity contribution < 1.29 is 5.11 Å². The Morgan fingerprint density at radius 2 is 2.46 bits per heavy atom. The summed E-state index contributed by atoms with van der Waals surface area (Å²) in [5.74, 6) is 0.492. The van der Waals surface area contributed by atoms with Gasteiger partial charge in [0, 0.05) is 20.1 Å². The molecule has 2 heterocycles. The molecule has 1 aromatic rings. The standard InChI is InChI=1S/C7H13N5O/c1-12-4-10-6(11-12)5(8)7(13)2-9-3-7/h4-5,9,13H,2-3,8H2,1H3. The lowest BCUT2D eigenvalue weighted by molar-refractivity contribution is -0.0354. The number of aliphatic hydroxyl groups is 1. The molecule has 1 aliphatic heterocycles. The van der Waals surface area contributed by atoms with Gasteiger partial charge in [-0.3, -0.25) is 4.68 Å². The first-order valence-corrected chi connectivity index (χ1v) is 4.16. The minimum Gasteiger partial charge on any atom is -0.385 e. The number of nitrogens with two attached hydrogens (primary N) is 1. The monoisotopic (exact) mass is 183 g/mol. The first kappa shape index (κ1) is 8.61. The average molecular weight is 183 g/mol. The van der Waals surface area contributed by atoms with Gasteiger partial charge in [0.1, 0.15) is 11.9 Å². The molecule has 4 N–H and O–H groups in total. The fourth-order valence-corrected chi connectivity index (χ4v) is 1.34. The van der Waals surface area contributed by atoms with E-state index >= 15 is 0 Å². The first-order chi connectivity index (χ1) is 6.12. The molecule has 0 aromatic carbocycles. The quantitative estimate of drug-likeness (QED) is 0.501. The number of hydrogen-bond donors (Lipinski definition) is 3. The van der Waals surface area contributed by atoms with Crippen molar-refractivity contribution in [1.82, 2.24) is 20.1 Å². The fraction of sp³-hybridized carbons (Fsp3) is 0.714. The Hall–Kier alpha value is -0.980. The third-order valence-electron chi connectivity index (χ3n) is 2.34. The topological polar surface area (TPSA) is 89.0 Å². The molecule has 1 aromatic heterocycles. The van der Waals surface area contributed by atoms with Crippen molar-refractivity contribution in [3.63, 3.8) is 0 Å². The van der Waals surface area contributed by atoms with Gasteiger partial charge in [-0.05, 0) is 0 Å². The minimum atomic E-state index is -0.874. The molecule has 0 saturated carbocycles. The summed E-state index contributed by atoms with van der Waals surface area (Å²) in [4.78, 5) is 4.00. The Morgan fingerprint density at radius 1 is 1.77 bits per heavy atom. The molecule has 0 radical (unpaired) electrons. The van der Waals surface area contributed by atoms with Crippen LogP contribution in [-0.2, 0) is 7.05 Å². The lowest BCUT2D eigenvalue weighted by Gasteiger charge is -2.40. The first-order valence-electron chi connectivity index (χ1n) is 4.16. The molecule has 0 spiro atoms. The van der Waals surface area contributed by atoms with Crippen LogP contribution in [-0.4, -0.2) is 38.6 Å². The summed E-state index contributed by atoms with van der Waals surface area (Å²) in [6, 6.07) is -0.505. The number of aryl methyl sites for hydroxylation is 1. The van der Waals surface area contributed by atoms with Crippen molar-refractivity contribution in [3.8, 4) is 0 Å². The molecule has 0 bridgehead atoms. The van der Waals surface area contributed by atoms with Crippen LogP contribution in [0.2, 0.25) is 0 Å². The third-order valence-corrected chi connectivity index (χ3v) is 2.34. The Kier molecular flexibility index (Phi) is 1.83. The molecule has 6 nitrogen and oxygen atoms in total. The van der Waals surface area contributed by atoms with E-state index in [2.05, 4.69) is 15.4 Å². The van der Waals surface area contributed by atoms with E-state index in [4.69, 9.17) is 5.73 Å². The molecule has 13 heavy (non-hydrogen) atoms. The number of rotatable bonds is 2. The predicted octanol–water partition coefficient (Wildman–Crippen LogP) is -1.85. The number of β-amino-alcohol motifs (C(OH)–C–C–N with tert-alkyl or cyclic N) is 1. The van der Waals surface area contributed by atoms with Gasteiger partial charge in [0.2, 0.25) is 0 Å². The van der Waals surface area contributed by atoms with Crippen molar-refractivity contribution >= 4 is 0 Å². The van der Waals surface area contributed by atoms with Gasteiger partial charge >= 0.3 is 0 Å². The highest BCUT2D eigenvalue weighted by Gasteiger charge is 2.42. The Labute approximate surface area is 75.8 Å². The van der Waals surface area contributed by atoms with Gasteiger partial charge in [-0.1, -0.05) is 0 Å². The maximum Gasteiger partial charge on any atom is 0.170 e. The SMILES string of the molecule is Cn1cnc(C(N)C2(O)CNC2)n1. The molecule has 0 aliphatic carbocycles. The van der Waals surface area contributed by atoms with Crippen molar-refractivity contribution in [2.24, 2.45) is 12.8 Å². The highest BCUT2D eigenvalue weighted by atomic mass is 16.3. The molecule has 2 rings (SSSR count). The van der Waals surface area contributed by atoms with E-state index in [0.717, 1.165) is 0 Å². The molecule has 6 heteroatoms. The summed E-state index contributed by atoms with van der Waals surface area (Å²) >= 11 is 0. The van der Waals surface area contributed by atoms with E-state index in [9.17, 15) is 5.11 Å². The van der Waals surface area contributed by atoms with Crippen molar-refractivity contribution in [2.45, 2.75) is 11.6 Å². The summed E-state index contributed by atoms with van der Waals surface area (Å²) in [5, 5.41) is 16.9. The third kappa shape index (κ3) is 1.32. The molecular formula is C7H13N5O. The van der Waals surface area contributed by atoms with Crippen molar-refractivity contribution in [3.05, 3.63) is 12.2 Å². The Bertz CT molecular complexity index is 306. The van der Waals surface area contributed by atoms with Crippen LogP contribution in [0.1, 0.15) is 11.9 Å². The number of nitrogens with one attached hydrogen (secondary N) is 1. The molecule has 1 atom stereocenters. The van der Waals surface area contributed by atoms with Crippen LogP contribution in [0.5, 0.6) is 0 Å². The predicted molar refractivity (Wildman–Crippen MR) is 45.8 cm³/mol. The van der Waals surface area contributed by atoms with Crippen LogP contribution in [0, 0.1) is 0 Å². The summed E-state index contributed by atoms with van der Waals surface area (Å²) in [6.07, 6.45) is 1.57. The van der Waals surface area contributed by atoms with Gasteiger partial charge in [0.05, 0.1) is 6.04 Å². The van der Waals surface area contributed by atoms with Crippen LogP contribution in [0.15, 0.2) is 6.33 Å². The van der Waals surface area contributed by atoms with Gasteiger partial charge in [-0.2, -0.15) is 5.10 Å². The van der Waals surface area contributed by atoms with Gasteiger partial charge in [0.15, 0.2) is 5.82 Å². The highest BCUT2D eigenvalue weighted by molar-refractivity contribution is 5.08. The van der Waals surface area contributed by atoms with Crippen LogP contribution >= 0.6 is 0 Å². The zero-order valence-corrected chi connectivity index (χ0v) is 7.44. The van der Waals surface area contributed by atoms with E-state index in [-0.39, 0.29) is 0 Å². The summed E-state index contributed by atoms with van der Waals surface area (Å²) in [5.41, 5.74) is 4.95. The Morgan fingerprint density at radius 3 is 2.85 bits per heavy atom. The second kappa shape index (κ2) is 2.76. The number of aromatic nitrogens is 3. The molecule has 1 saturated heterocycles. The molecular weight excluding hydrogens is 170 g/mol. The van der Waals surface area contributed by atoms with Gasteiger partial charge < -0.3 is 16.2 Å². The van der Waals surface area contributed by atoms with Crippen LogP contribution in [0.4, 0.5) is 0 Å². The van der Waals surface area contributed by atoms with Crippen LogP contribution in [0.3, 0.4) is 0 Å². The average Bonchev–Trinajstić information content (AvgIpc) is 2.46. The molecule has 0 amide bonds. The summed E-state index contributed by atoms with van der Waals surface area (Å²) in [7, 11) is 1.77. The van der Waals surface area contributed by atoms with E-state index < -0.39 is 11.6 Å². The van der Waals surface area contributed by atoms with Gasteiger partial charge in [0.25, 0.3) is 0 Å². The van der Waals surface area contributed by atoms with Crippen LogP contribution < -0.4 is 11.1 Å². The second-order valence-corrected chi connectivity index (χ2v) is 3.46. The normalized spacial score (nSPS) is 22.4. The molecule has 1 aliphatic rings. The second-order valence-electron chi connectivity index (χ2n) is 3.46. The lowest BCUT2D eigenvalue weighted by atomic mass is 9.88. The highest BCUT2D eigenvalue weighted by Crippen LogP contribution is 2.24. The molecule has 1 fully saturated rings. The van der Waals surface area contributed by atoms with Gasteiger partial charge in [-0.15, -0.1) is 0 Å². The van der Waals surface area contributed by atoms with Crippen LogP contribution in [0.25, 0.3) is 0 Å².